The van der Waals surface area contributed by atoms with Crippen molar-refractivity contribution in [1.82, 2.24) is 0 Å². The average Bonchev–Trinajstić information content (AvgIpc) is 3.33. The third kappa shape index (κ3) is 95.4. The van der Waals surface area contributed by atoms with Crippen LogP contribution in [0.5, 0.6) is 0 Å². The number of carbonyl (C=O) groups is 4. The Balaban J connectivity index is -0.000000258. The van der Waals surface area contributed by atoms with Gasteiger partial charge in [0.1, 0.15) is 6.10 Å². The summed E-state index contributed by atoms with van der Waals surface area (Å²) in [4.78, 5) is 41.0. The van der Waals surface area contributed by atoms with Crippen molar-refractivity contribution in [3.63, 3.8) is 0 Å². The molecule has 0 fully saturated rings. The fourth-order valence-electron chi connectivity index (χ4n) is 7.82. The lowest BCUT2D eigenvalue weighted by molar-refractivity contribution is -0.138. The van der Waals surface area contributed by atoms with Gasteiger partial charge in [-0.25, -0.2) is 0 Å². The van der Waals surface area contributed by atoms with E-state index in [1.165, 1.54) is 231 Å². The highest BCUT2D eigenvalue weighted by molar-refractivity contribution is 5.67. The molecule has 422 valence electrons. The van der Waals surface area contributed by atoms with Crippen molar-refractivity contribution in [2.24, 2.45) is 0 Å². The molecule has 0 heterocycles. The number of unbranched alkanes of at least 4 members (excludes halogenated alkanes) is 40. The summed E-state index contributed by atoms with van der Waals surface area (Å²) in [5.74, 6) is -2.63. The van der Waals surface area contributed by atoms with Gasteiger partial charge in [0.25, 0.3) is 0 Å². The first kappa shape index (κ1) is 76.7. The Morgan fingerprint density at radius 3 is 0.443 bits per heavy atom. The molecule has 0 saturated carbocycles. The summed E-state index contributed by atoms with van der Waals surface area (Å²) in [6.07, 6.45) is 56.5. The van der Waals surface area contributed by atoms with E-state index in [1.54, 1.807) is 0 Å². The van der Waals surface area contributed by atoms with Crippen molar-refractivity contribution >= 4 is 23.9 Å². The number of aliphatic hydroxyl groups excluding tert-OH is 3. The Labute approximate surface area is 432 Å². The van der Waals surface area contributed by atoms with E-state index in [0.29, 0.717) is 25.7 Å². The zero-order valence-corrected chi connectivity index (χ0v) is 46.7. The van der Waals surface area contributed by atoms with Crippen LogP contribution in [0.2, 0.25) is 0 Å². The maximum absolute atomic E-state index is 10.3. The molecule has 0 aromatic carbocycles. The molecule has 0 amide bonds. The minimum atomic E-state index is -0.954. The Kier molecular flexibility index (Phi) is 80.3. The summed E-state index contributed by atoms with van der Waals surface area (Å²) in [6.45, 7) is 8.26. The first-order valence-electron chi connectivity index (χ1n) is 29.7. The average molecular weight is 1010 g/mol. The van der Waals surface area contributed by atoms with Crippen LogP contribution >= 0.6 is 0 Å². The van der Waals surface area contributed by atoms with Crippen LogP contribution < -0.4 is 0 Å². The van der Waals surface area contributed by atoms with E-state index in [4.69, 9.17) is 35.7 Å². The molecule has 0 aromatic heterocycles. The molecule has 0 aliphatic heterocycles. The van der Waals surface area contributed by atoms with E-state index in [2.05, 4.69) is 27.7 Å². The zero-order chi connectivity index (χ0) is 53.2. The quantitative estimate of drug-likeness (QED) is 0.0285. The highest BCUT2D eigenvalue weighted by Crippen LogP contribution is 2.15. The fraction of sp³-hybridized carbons (Fsp3) is 0.932. The van der Waals surface area contributed by atoms with Crippen molar-refractivity contribution in [3.8, 4) is 0 Å². The SMILES string of the molecule is CCCCCCCCCCCCCC(=O)O.CCCCCCCCCCCCCC(=O)O.CCCCCCCCCCCCCC(=O)O.CCCCCCCCCCCCCC(=O)O.OCC(O)CO. The van der Waals surface area contributed by atoms with Crippen molar-refractivity contribution in [1.29, 1.82) is 0 Å². The Bertz CT molecular complexity index is 845. The Morgan fingerprint density at radius 1 is 0.243 bits per heavy atom. The van der Waals surface area contributed by atoms with Gasteiger partial charge in [-0.15, -0.1) is 0 Å². The highest BCUT2D eigenvalue weighted by Gasteiger charge is 2.00. The van der Waals surface area contributed by atoms with Crippen LogP contribution in [0, 0.1) is 0 Å². The molecule has 0 aliphatic carbocycles. The van der Waals surface area contributed by atoms with E-state index in [9.17, 15) is 19.2 Å². The zero-order valence-electron chi connectivity index (χ0n) is 46.7. The van der Waals surface area contributed by atoms with Crippen LogP contribution in [0.1, 0.15) is 336 Å². The lowest BCUT2D eigenvalue weighted by Crippen LogP contribution is -2.15. The first-order valence-corrected chi connectivity index (χ1v) is 29.7. The van der Waals surface area contributed by atoms with Crippen LogP contribution in [0.15, 0.2) is 0 Å². The van der Waals surface area contributed by atoms with Gasteiger partial charge in [0.05, 0.1) is 13.2 Å². The number of carboxylic acid groups (broad SMARTS) is 4. The van der Waals surface area contributed by atoms with Crippen molar-refractivity contribution in [3.05, 3.63) is 0 Å². The molecule has 70 heavy (non-hydrogen) atoms. The first-order chi connectivity index (χ1) is 33.9. The number of rotatable bonds is 50. The van der Waals surface area contributed by atoms with Gasteiger partial charge in [-0.2, -0.15) is 0 Å². The topological polar surface area (TPSA) is 210 Å². The molecule has 7 N–H and O–H groups in total. The molecular formula is C59H120O11. The predicted molar refractivity (Wildman–Crippen MR) is 295 cm³/mol. The van der Waals surface area contributed by atoms with E-state index in [0.717, 1.165) is 51.4 Å². The van der Waals surface area contributed by atoms with Gasteiger partial charge >= 0.3 is 23.9 Å². The van der Waals surface area contributed by atoms with Gasteiger partial charge < -0.3 is 35.7 Å². The summed E-state index contributed by atoms with van der Waals surface area (Å²) in [5.41, 5.74) is 0. The molecule has 0 spiro atoms. The third-order valence-electron chi connectivity index (χ3n) is 12.4. The van der Waals surface area contributed by atoms with E-state index >= 15 is 0 Å². The molecule has 0 bridgehead atoms. The minimum Gasteiger partial charge on any atom is -0.481 e. The van der Waals surface area contributed by atoms with Gasteiger partial charge in [0.15, 0.2) is 0 Å². The van der Waals surface area contributed by atoms with Crippen molar-refractivity contribution < 1.29 is 54.9 Å². The normalized spacial score (nSPS) is 10.5. The van der Waals surface area contributed by atoms with E-state index < -0.39 is 30.0 Å². The maximum atomic E-state index is 10.3. The summed E-state index contributed by atoms with van der Waals surface area (Å²) in [7, 11) is 0. The van der Waals surface area contributed by atoms with Gasteiger partial charge in [-0.05, 0) is 25.7 Å². The molecule has 11 nitrogen and oxygen atoms in total. The monoisotopic (exact) mass is 1000 g/mol. The summed E-state index contributed by atoms with van der Waals surface area (Å²) < 4.78 is 0. The second-order valence-electron chi connectivity index (χ2n) is 19.7. The molecule has 0 aromatic rings. The number of aliphatic hydroxyl groups is 3. The fourth-order valence-corrected chi connectivity index (χ4v) is 7.82. The Hall–Kier alpha value is -2.24. The van der Waals surface area contributed by atoms with Crippen molar-refractivity contribution in [2.75, 3.05) is 13.2 Å². The van der Waals surface area contributed by atoms with E-state index in [1.807, 2.05) is 0 Å². The van der Waals surface area contributed by atoms with Crippen LogP contribution in [0.25, 0.3) is 0 Å². The van der Waals surface area contributed by atoms with Crippen LogP contribution in [-0.4, -0.2) is 78.9 Å². The van der Waals surface area contributed by atoms with Crippen LogP contribution in [0.4, 0.5) is 0 Å². The van der Waals surface area contributed by atoms with Gasteiger partial charge in [0.2, 0.25) is 0 Å². The number of hydrogen-bond donors (Lipinski definition) is 7. The number of carboxylic acids is 4. The summed E-state index contributed by atoms with van der Waals surface area (Å²) in [5, 5.41) is 57.8. The van der Waals surface area contributed by atoms with Gasteiger partial charge in [-0.3, -0.25) is 19.2 Å². The van der Waals surface area contributed by atoms with Crippen LogP contribution in [-0.2, 0) is 19.2 Å². The third-order valence-corrected chi connectivity index (χ3v) is 12.4. The molecule has 0 aliphatic rings. The predicted octanol–water partition coefficient (Wildman–Crippen LogP) is 17.4. The lowest BCUT2D eigenvalue weighted by Gasteiger charge is -2.01. The molecule has 0 radical (unpaired) electrons. The van der Waals surface area contributed by atoms with Crippen LogP contribution in [0.3, 0.4) is 0 Å². The molecule has 11 heteroatoms. The van der Waals surface area contributed by atoms with Gasteiger partial charge in [0, 0.05) is 25.7 Å². The molecule has 0 rings (SSSR count). The van der Waals surface area contributed by atoms with E-state index in [-0.39, 0.29) is 13.2 Å². The van der Waals surface area contributed by atoms with Gasteiger partial charge in [-0.1, -0.05) is 285 Å². The largest absolute Gasteiger partial charge is 0.481 e. The summed E-state index contributed by atoms with van der Waals surface area (Å²) in [6, 6.07) is 0. The number of aliphatic carboxylic acids is 4. The summed E-state index contributed by atoms with van der Waals surface area (Å²) >= 11 is 0. The number of hydrogen-bond acceptors (Lipinski definition) is 7. The molecular weight excluding hydrogens is 885 g/mol. The second-order valence-corrected chi connectivity index (χ2v) is 19.7. The minimum absolute atomic E-state index is 0.344. The highest BCUT2D eigenvalue weighted by atomic mass is 16.4. The maximum Gasteiger partial charge on any atom is 0.303 e. The molecule has 0 atom stereocenters. The second kappa shape index (κ2) is 73.3. The smallest absolute Gasteiger partial charge is 0.303 e. The Morgan fingerprint density at radius 2 is 0.357 bits per heavy atom. The van der Waals surface area contributed by atoms with Crippen molar-refractivity contribution in [2.45, 2.75) is 342 Å². The standard InChI is InChI=1S/4C14H28O2.C3H8O3/c4*1-2-3-4-5-6-7-8-9-10-11-12-13-14(15)16;4-1-3(6)2-5/h4*2-13H2,1H3,(H,15,16);3-6H,1-2H2. The molecule has 0 unspecified atom stereocenters. The molecule has 0 saturated heterocycles. The lowest BCUT2D eigenvalue weighted by atomic mass is 10.1.